The summed E-state index contributed by atoms with van der Waals surface area (Å²) in [5.41, 5.74) is 1.30. The van der Waals surface area contributed by atoms with E-state index in [9.17, 15) is 4.79 Å². The number of carbonyl (C=O) groups excluding carboxylic acids is 1. The average Bonchev–Trinajstić information content (AvgIpc) is 2.76. The zero-order chi connectivity index (χ0) is 22.0. The van der Waals surface area contributed by atoms with Crippen molar-refractivity contribution in [3.63, 3.8) is 0 Å². The average molecular weight is 448 g/mol. The molecule has 2 aromatic carbocycles. The van der Waals surface area contributed by atoms with Gasteiger partial charge >= 0.3 is 0 Å². The van der Waals surface area contributed by atoms with Gasteiger partial charge in [0.15, 0.2) is 0 Å². The van der Waals surface area contributed by atoms with E-state index in [-0.39, 0.29) is 23.7 Å². The van der Waals surface area contributed by atoms with Crippen LogP contribution in [-0.4, -0.2) is 62.5 Å². The SMILES string of the molecule is CCCCC(CCN(C)C)(CNC(=O)CN(CC)CC)c1cccc2ccccc12.Cl. The van der Waals surface area contributed by atoms with Crippen molar-refractivity contribution in [1.82, 2.24) is 15.1 Å². The highest BCUT2D eigenvalue weighted by atomic mass is 35.5. The van der Waals surface area contributed by atoms with Crippen molar-refractivity contribution in [3.05, 3.63) is 48.0 Å². The highest BCUT2D eigenvalue weighted by Crippen LogP contribution is 2.37. The van der Waals surface area contributed by atoms with Crippen LogP contribution in [0.15, 0.2) is 42.5 Å². The normalized spacial score (nSPS) is 13.3. The summed E-state index contributed by atoms with van der Waals surface area (Å²) in [6, 6.07) is 15.3. The number of nitrogens with one attached hydrogen (secondary N) is 1. The molecule has 174 valence electrons. The number of hydrogen-bond acceptors (Lipinski definition) is 3. The van der Waals surface area contributed by atoms with Gasteiger partial charge in [-0.15, -0.1) is 12.4 Å². The van der Waals surface area contributed by atoms with E-state index in [1.807, 2.05) is 0 Å². The molecule has 0 fully saturated rings. The predicted octanol–water partition coefficient (Wildman–Crippen LogP) is 5.10. The third-order valence-corrected chi connectivity index (χ3v) is 6.29. The number of amides is 1. The number of likely N-dealkylation sites (N-methyl/N-ethyl adjacent to an activating group) is 1. The largest absolute Gasteiger partial charge is 0.354 e. The van der Waals surface area contributed by atoms with E-state index in [2.05, 4.69) is 92.4 Å². The Morgan fingerprint density at radius 1 is 0.968 bits per heavy atom. The Morgan fingerprint density at radius 2 is 1.65 bits per heavy atom. The second kappa shape index (κ2) is 13.7. The predicted molar refractivity (Wildman–Crippen MR) is 136 cm³/mol. The molecule has 31 heavy (non-hydrogen) atoms. The number of nitrogens with zero attached hydrogens (tertiary/aromatic N) is 2. The lowest BCUT2D eigenvalue weighted by atomic mass is 9.71. The first-order valence-corrected chi connectivity index (χ1v) is 11.6. The van der Waals surface area contributed by atoms with Crippen LogP contribution in [0.5, 0.6) is 0 Å². The Kier molecular flexibility index (Phi) is 12.1. The van der Waals surface area contributed by atoms with Crippen molar-refractivity contribution in [2.45, 2.75) is 51.9 Å². The highest BCUT2D eigenvalue weighted by Gasteiger charge is 2.33. The quantitative estimate of drug-likeness (QED) is 0.464. The molecule has 0 radical (unpaired) electrons. The third kappa shape index (κ3) is 7.78. The zero-order valence-corrected chi connectivity index (χ0v) is 20.9. The van der Waals surface area contributed by atoms with Crippen LogP contribution < -0.4 is 5.32 Å². The van der Waals surface area contributed by atoms with Gasteiger partial charge in [0.1, 0.15) is 0 Å². The molecule has 0 saturated heterocycles. The molecule has 0 saturated carbocycles. The minimum absolute atomic E-state index is 0. The van der Waals surface area contributed by atoms with Gasteiger partial charge in [0.05, 0.1) is 6.54 Å². The van der Waals surface area contributed by atoms with Gasteiger partial charge in [-0.25, -0.2) is 0 Å². The van der Waals surface area contributed by atoms with Crippen LogP contribution in [0.2, 0.25) is 0 Å². The standard InChI is InChI=1S/C26H41N3O.ClH/c1-6-9-17-26(18-19-28(4)5,21-27-25(30)20-29(7-2)8-3)24-16-12-14-22-13-10-11-15-23(22)24;/h10-16H,6-9,17-21H2,1-5H3,(H,27,30);1H. The fourth-order valence-electron chi connectivity index (χ4n) is 4.28. The van der Waals surface area contributed by atoms with Gasteiger partial charge in [0.2, 0.25) is 5.91 Å². The molecule has 1 N–H and O–H groups in total. The lowest BCUT2D eigenvalue weighted by Crippen LogP contribution is -2.45. The van der Waals surface area contributed by atoms with Gasteiger partial charge < -0.3 is 10.2 Å². The zero-order valence-electron chi connectivity index (χ0n) is 20.1. The molecule has 1 atom stereocenters. The summed E-state index contributed by atoms with van der Waals surface area (Å²) in [7, 11) is 4.26. The Bertz CT molecular complexity index is 786. The van der Waals surface area contributed by atoms with Crippen molar-refractivity contribution in [1.29, 1.82) is 0 Å². The maximum atomic E-state index is 12.8. The molecule has 0 bridgehead atoms. The molecule has 1 amide bonds. The molecule has 5 heteroatoms. The summed E-state index contributed by atoms with van der Waals surface area (Å²) in [5.74, 6) is 0.129. The molecule has 2 rings (SSSR count). The Hall–Kier alpha value is -1.62. The Labute approximate surface area is 195 Å². The van der Waals surface area contributed by atoms with Crippen molar-refractivity contribution in [3.8, 4) is 0 Å². The molecule has 4 nitrogen and oxygen atoms in total. The second-order valence-corrected chi connectivity index (χ2v) is 8.70. The van der Waals surface area contributed by atoms with Crippen LogP contribution in [-0.2, 0) is 10.2 Å². The number of hydrogen-bond donors (Lipinski definition) is 1. The van der Waals surface area contributed by atoms with Gasteiger partial charge in [0.25, 0.3) is 0 Å². The van der Waals surface area contributed by atoms with Crippen LogP contribution in [0.4, 0.5) is 0 Å². The molecule has 0 aliphatic rings. The van der Waals surface area contributed by atoms with Crippen LogP contribution >= 0.6 is 12.4 Å². The monoisotopic (exact) mass is 447 g/mol. The van der Waals surface area contributed by atoms with Gasteiger partial charge in [-0.2, -0.15) is 0 Å². The minimum Gasteiger partial charge on any atom is -0.354 e. The van der Waals surface area contributed by atoms with Crippen LogP contribution in [0.3, 0.4) is 0 Å². The number of halogens is 1. The van der Waals surface area contributed by atoms with Gasteiger partial charge in [-0.05, 0) is 62.9 Å². The summed E-state index contributed by atoms with van der Waals surface area (Å²) in [4.78, 5) is 17.2. The smallest absolute Gasteiger partial charge is 0.234 e. The first-order chi connectivity index (χ1) is 14.5. The van der Waals surface area contributed by atoms with E-state index in [1.54, 1.807) is 0 Å². The van der Waals surface area contributed by atoms with Crippen molar-refractivity contribution in [2.24, 2.45) is 0 Å². The molecule has 0 aromatic heterocycles. The fraction of sp³-hybridized carbons (Fsp3) is 0.577. The molecule has 0 heterocycles. The van der Waals surface area contributed by atoms with E-state index >= 15 is 0 Å². The summed E-state index contributed by atoms with van der Waals surface area (Å²) in [5, 5.41) is 5.91. The number of carbonyl (C=O) groups is 1. The number of fused-ring (bicyclic) bond motifs is 1. The summed E-state index contributed by atoms with van der Waals surface area (Å²) >= 11 is 0. The molecule has 0 spiro atoms. The van der Waals surface area contributed by atoms with Crippen LogP contribution in [0.1, 0.15) is 52.0 Å². The van der Waals surface area contributed by atoms with E-state index < -0.39 is 0 Å². The molecule has 1 unspecified atom stereocenters. The van der Waals surface area contributed by atoms with Crippen molar-refractivity contribution < 1.29 is 4.79 Å². The number of unbranched alkanes of at least 4 members (excludes halogenated alkanes) is 1. The number of rotatable bonds is 13. The van der Waals surface area contributed by atoms with Crippen molar-refractivity contribution >= 4 is 29.1 Å². The second-order valence-electron chi connectivity index (χ2n) is 8.70. The first-order valence-electron chi connectivity index (χ1n) is 11.6. The Balaban J connectivity index is 0.00000480. The van der Waals surface area contributed by atoms with Crippen LogP contribution in [0.25, 0.3) is 10.8 Å². The van der Waals surface area contributed by atoms with Crippen LogP contribution in [0, 0.1) is 0 Å². The van der Waals surface area contributed by atoms with Gasteiger partial charge in [0, 0.05) is 12.0 Å². The van der Waals surface area contributed by atoms with Gasteiger partial charge in [-0.1, -0.05) is 76.1 Å². The van der Waals surface area contributed by atoms with Crippen molar-refractivity contribution in [2.75, 3.05) is 46.8 Å². The topological polar surface area (TPSA) is 35.6 Å². The van der Waals surface area contributed by atoms with E-state index in [1.165, 1.54) is 16.3 Å². The Morgan fingerprint density at radius 3 is 2.29 bits per heavy atom. The van der Waals surface area contributed by atoms with E-state index in [0.29, 0.717) is 13.1 Å². The maximum absolute atomic E-state index is 12.8. The van der Waals surface area contributed by atoms with E-state index in [4.69, 9.17) is 0 Å². The minimum atomic E-state index is -0.0694. The molecular weight excluding hydrogens is 406 g/mol. The molecular formula is C26H42ClN3O. The highest BCUT2D eigenvalue weighted by molar-refractivity contribution is 5.87. The maximum Gasteiger partial charge on any atom is 0.234 e. The lowest BCUT2D eigenvalue weighted by Gasteiger charge is -2.37. The molecule has 0 aliphatic heterocycles. The van der Waals surface area contributed by atoms with Gasteiger partial charge in [-0.3, -0.25) is 9.69 Å². The molecule has 0 aliphatic carbocycles. The number of benzene rings is 2. The summed E-state index contributed by atoms with van der Waals surface area (Å²) in [6.45, 7) is 10.4. The fourth-order valence-corrected chi connectivity index (χ4v) is 4.28. The summed E-state index contributed by atoms with van der Waals surface area (Å²) < 4.78 is 0. The first kappa shape index (κ1) is 27.4. The third-order valence-electron chi connectivity index (χ3n) is 6.29. The lowest BCUT2D eigenvalue weighted by molar-refractivity contribution is -0.122. The molecule has 2 aromatic rings. The van der Waals surface area contributed by atoms with E-state index in [0.717, 1.165) is 45.3 Å². The summed E-state index contributed by atoms with van der Waals surface area (Å²) in [6.07, 6.45) is 4.42.